The molecule has 3 saturated carbocycles. The molecule has 0 spiro atoms. The number of fused-ring (bicyclic) bond motifs is 8. The summed E-state index contributed by atoms with van der Waals surface area (Å²) in [4.78, 5) is 73.4. The van der Waals surface area contributed by atoms with Crippen LogP contribution in [0, 0.1) is 11.8 Å². The first-order valence-electron chi connectivity index (χ1n) is 42.1. The average Bonchev–Trinajstić information content (AvgIpc) is 1.58. The van der Waals surface area contributed by atoms with E-state index < -0.39 is 110 Å². The van der Waals surface area contributed by atoms with E-state index in [1.165, 1.54) is 139 Å². The number of alkyl halides is 12. The minimum Gasteiger partial charge on any atom is -0.461 e. The SMILES string of the molecule is C=CCOC(=O)Cc1ccn2c(S(=O)(=O)CC)c(-c3nc4cc(C(F)(F)F)cnc4n3C)nc2c1.CCS(=O)(=O)c1c(-c2nc3cc(C(F)(F)F)cnc3n2C)nc2cc(/C=C/C3CC3)ccn12.CCS(=O)(=O)c1c(-c2nc3cc(S(=O)(=O)C(F)(F)F)cnc3n2C)nc2cc(S(=O)(=O)C3CC3)ccn12.CCS(=O)(=O)c1c(-c2nc3cc(SC(F)(F)F)cnc3n2C)nc2cc(NC(=O)C3CC3)ccn12. The molecule has 3 aliphatic carbocycles. The number of halogens is 12. The van der Waals surface area contributed by atoms with Crippen molar-refractivity contribution in [3.8, 4) is 46.1 Å². The van der Waals surface area contributed by atoms with E-state index >= 15 is 0 Å². The Morgan fingerprint density at radius 1 is 0.464 bits per heavy atom. The van der Waals surface area contributed by atoms with Crippen LogP contribution in [0.4, 0.5) is 58.4 Å². The first-order valence-corrected chi connectivity index (χ1v) is 52.6. The van der Waals surface area contributed by atoms with Gasteiger partial charge in [-0.3, -0.25) is 27.2 Å². The minimum absolute atomic E-state index is 0.00380. The van der Waals surface area contributed by atoms with Crippen molar-refractivity contribution in [2.24, 2.45) is 40.0 Å². The van der Waals surface area contributed by atoms with E-state index in [0.29, 0.717) is 54.1 Å². The monoisotopic (exact) mass is 2080 g/mol. The van der Waals surface area contributed by atoms with E-state index in [0.717, 1.165) is 42.9 Å². The molecule has 0 unspecified atom stereocenters. The smallest absolute Gasteiger partial charge is 0.461 e. The summed E-state index contributed by atoms with van der Waals surface area (Å²) >= 11 is -0.308. The van der Waals surface area contributed by atoms with E-state index in [2.05, 4.69) is 77.8 Å². The van der Waals surface area contributed by atoms with Crippen molar-refractivity contribution in [3.63, 3.8) is 0 Å². The number of hydrogen-bond acceptors (Lipinski definition) is 28. The van der Waals surface area contributed by atoms with Gasteiger partial charge in [-0.15, -0.1) is 0 Å². The zero-order chi connectivity index (χ0) is 101. The maximum absolute atomic E-state index is 13.1. The maximum Gasteiger partial charge on any atom is 0.501 e. The number of aromatic nitrogens is 20. The van der Waals surface area contributed by atoms with E-state index in [9.17, 15) is 113 Å². The molecule has 0 saturated heterocycles. The molecule has 0 aliphatic heterocycles. The van der Waals surface area contributed by atoms with Crippen molar-refractivity contribution in [2.45, 2.75) is 136 Å². The number of hydrogen-bond donors (Lipinski definition) is 1. The van der Waals surface area contributed by atoms with E-state index in [1.807, 2.05) is 6.08 Å². The van der Waals surface area contributed by atoms with Crippen LogP contribution in [-0.2, 0) is 120 Å². The van der Waals surface area contributed by atoms with Gasteiger partial charge in [0.15, 0.2) is 115 Å². The normalized spacial score (nSPS) is 14.5. The number of esters is 1. The molecule has 0 aromatic carbocycles. The number of nitrogens with one attached hydrogen (secondary N) is 1. The molecule has 16 heterocycles. The second-order valence-corrected chi connectivity index (χ2v) is 46.4. The maximum atomic E-state index is 13.1. The van der Waals surface area contributed by atoms with Gasteiger partial charge in [0.2, 0.25) is 5.91 Å². The summed E-state index contributed by atoms with van der Waals surface area (Å²) in [6.45, 7) is 9.43. The minimum atomic E-state index is -5.70. The highest BCUT2D eigenvalue weighted by Crippen LogP contribution is 2.44. The van der Waals surface area contributed by atoms with Crippen molar-refractivity contribution in [1.29, 1.82) is 0 Å². The molecule has 1 N–H and O–H groups in total. The van der Waals surface area contributed by atoms with Crippen LogP contribution in [-0.4, -0.2) is 204 Å². The lowest BCUT2D eigenvalue weighted by Crippen LogP contribution is -2.23. The Hall–Kier alpha value is -13.1. The zero-order valence-electron chi connectivity index (χ0n) is 74.2. The van der Waals surface area contributed by atoms with Gasteiger partial charge in [0.05, 0.1) is 55.6 Å². The number of imidazole rings is 8. The fourth-order valence-corrected chi connectivity index (χ4v) is 22.4. The summed E-state index contributed by atoms with van der Waals surface area (Å²) in [5, 5.41) is 1.69. The van der Waals surface area contributed by atoms with E-state index in [-0.39, 0.29) is 197 Å². The van der Waals surface area contributed by atoms with E-state index in [1.54, 1.807) is 50.6 Å². The van der Waals surface area contributed by atoms with Gasteiger partial charge in [-0.1, -0.05) is 52.5 Å². The van der Waals surface area contributed by atoms with Gasteiger partial charge in [0, 0.05) is 106 Å². The van der Waals surface area contributed by atoms with Gasteiger partial charge in [-0.05, 0) is 128 Å². The summed E-state index contributed by atoms with van der Waals surface area (Å²) in [6, 6.07) is 16.1. The molecule has 0 atom stereocenters. The Balaban J connectivity index is 0.000000135. The quantitative estimate of drug-likeness (QED) is 0.0254. The Labute approximate surface area is 790 Å². The van der Waals surface area contributed by atoms with Crippen LogP contribution in [0.3, 0.4) is 0 Å². The number of carbonyl (C=O) groups is 2. The largest absolute Gasteiger partial charge is 0.501 e. The highest BCUT2D eigenvalue weighted by molar-refractivity contribution is 8.00. The number of carbonyl (C=O) groups excluding carboxylic acids is 2. The first kappa shape index (κ1) is 99.9. The Morgan fingerprint density at radius 3 is 1.28 bits per heavy atom. The van der Waals surface area contributed by atoms with Crippen molar-refractivity contribution < 1.29 is 118 Å². The molecule has 738 valence electrons. The molecule has 16 aromatic rings. The standard InChI is InChI=1S/C22H20F3N5O4S.C22H20F3N5O2S.C21H19F3N6O3S2.C20H18F3N5O6S3/c1-4-8-34-17(31)10-13-6-7-30-16(9-13)28-18(21(30)35(32,33)5-2)20-27-15-11-14(22(23,24)25)12-26-19(15)29(20)3;1-3-33(31,32)21-18(28-17-10-14(8-9-30(17)21)7-6-13-4-5-13)20-27-16-11-15(22(23,24)25)12-26-19(16)29(20)2;1-3-35(32,33)20-16(28-15-8-12(6-7-30(15)20)26-19(31)11-4-5-11)18-27-14-9-13(34-21(22,23)24)10-25-17(14)29(18)2;1-3-35(29,30)19-16(26-15-9-12(6-7-28(15)19)36(31,32)11-4-5-11)18-25-14-8-13(10-24-17(14)27(18)2)37(33,34)20(21,22)23/h4,6-7,9,11-12H,1,5,8,10H2,2-3H3;6-13H,3-5H2,1-2H3;6-11H,3-5H2,1-2H3,(H,26,31);6-11H,3-5H2,1-2H3/b;7-6+;;. The van der Waals surface area contributed by atoms with Crippen LogP contribution < -0.4 is 5.32 Å². The summed E-state index contributed by atoms with van der Waals surface area (Å²) < 4.78 is 326. The lowest BCUT2D eigenvalue weighted by Gasteiger charge is -2.07. The lowest BCUT2D eigenvalue weighted by atomic mass is 10.2. The number of ether oxygens (including phenoxy) is 1. The molecule has 3 aliphatic rings. The highest BCUT2D eigenvalue weighted by atomic mass is 32.2. The highest BCUT2D eigenvalue weighted by Gasteiger charge is 2.48. The van der Waals surface area contributed by atoms with Gasteiger partial charge in [0.25, 0.3) is 9.84 Å². The third kappa shape index (κ3) is 19.6. The molecule has 1 amide bonds. The summed E-state index contributed by atoms with van der Waals surface area (Å²) in [7, 11) is -18.6. The Bertz CT molecular complexity index is 8590. The van der Waals surface area contributed by atoms with Crippen molar-refractivity contribution >= 4 is 162 Å². The van der Waals surface area contributed by atoms with Crippen LogP contribution in [0.15, 0.2) is 176 Å². The number of nitrogens with zero attached hydrogens (tertiary/aromatic N) is 20. The van der Waals surface area contributed by atoms with Crippen LogP contribution >= 0.6 is 11.8 Å². The van der Waals surface area contributed by atoms with Gasteiger partial charge in [0.1, 0.15) is 74.0 Å². The summed E-state index contributed by atoms with van der Waals surface area (Å²) in [5.74, 6) is -0.798. The molecular weight excluding hydrogens is 2010 g/mol. The van der Waals surface area contributed by atoms with Gasteiger partial charge >= 0.3 is 29.3 Å². The number of allylic oxidation sites excluding steroid dienone is 1. The molecule has 3 fully saturated rings. The van der Waals surface area contributed by atoms with Gasteiger partial charge in [-0.2, -0.15) is 52.7 Å². The molecule has 140 heavy (non-hydrogen) atoms. The average molecular weight is 2090 g/mol. The van der Waals surface area contributed by atoms with Crippen LogP contribution in [0.2, 0.25) is 0 Å². The lowest BCUT2D eigenvalue weighted by molar-refractivity contribution is -0.141. The number of thioether (sulfide) groups is 1. The number of amides is 1. The number of sulfone groups is 6. The molecule has 0 bridgehead atoms. The summed E-state index contributed by atoms with van der Waals surface area (Å²) in [6.07, 6.45) is 10.3. The third-order valence-electron chi connectivity index (χ3n) is 22.6. The molecule has 55 heteroatoms. The Kier molecular flexibility index (Phi) is 26.0. The molecule has 0 radical (unpaired) electrons. The predicted octanol–water partition coefficient (Wildman–Crippen LogP) is 14.2. The Morgan fingerprint density at radius 2 is 0.864 bits per heavy atom. The number of rotatable bonds is 24. The molecule has 16 aromatic heterocycles. The number of anilines is 1. The second-order valence-electron chi connectivity index (χ2n) is 32.3. The number of pyridine rings is 8. The van der Waals surface area contributed by atoms with Crippen molar-refractivity contribution in [1.82, 2.24) is 95.7 Å². The van der Waals surface area contributed by atoms with Crippen LogP contribution in [0.1, 0.15) is 88.5 Å². The number of aryl methyl sites for hydroxylation is 4. The van der Waals surface area contributed by atoms with Crippen molar-refractivity contribution in [2.75, 3.05) is 34.9 Å². The topological polar surface area (TPSA) is 452 Å². The second kappa shape index (κ2) is 36.5. The van der Waals surface area contributed by atoms with Crippen molar-refractivity contribution in [3.05, 3.63) is 163 Å². The molecule has 19 rings (SSSR count). The first-order chi connectivity index (χ1) is 65.6. The molecule has 36 nitrogen and oxygen atoms in total. The molecular formula is C85H77F12N21O15S7. The fourth-order valence-electron chi connectivity index (χ4n) is 14.9. The fraction of sp³-hybridized carbons (Fsp3) is 0.318. The zero-order valence-corrected chi connectivity index (χ0v) is 79.9. The van der Waals surface area contributed by atoms with Crippen LogP contribution in [0.5, 0.6) is 0 Å². The van der Waals surface area contributed by atoms with Gasteiger partial charge < -0.3 is 28.3 Å². The van der Waals surface area contributed by atoms with Gasteiger partial charge in [-0.25, -0.2) is 110 Å². The van der Waals surface area contributed by atoms with E-state index in [4.69, 9.17) is 4.74 Å². The third-order valence-corrected chi connectivity index (χ3v) is 34.0. The summed E-state index contributed by atoms with van der Waals surface area (Å²) in [5.41, 5.74) is -8.77. The van der Waals surface area contributed by atoms with Crippen LogP contribution in [0.25, 0.3) is 119 Å². The predicted molar refractivity (Wildman–Crippen MR) is 485 cm³/mol.